The van der Waals surface area contributed by atoms with Crippen LogP contribution >= 0.6 is 15.9 Å². The van der Waals surface area contributed by atoms with Crippen LogP contribution in [-0.4, -0.2) is 19.1 Å². The molecule has 2 N–H and O–H groups in total. The molecule has 0 aliphatic heterocycles. The number of hydrogen-bond acceptors (Lipinski definition) is 5. The topological polar surface area (TPSA) is 83.4 Å². The predicted molar refractivity (Wildman–Crippen MR) is 125 cm³/mol. The van der Waals surface area contributed by atoms with Crippen molar-refractivity contribution >= 4 is 33.2 Å². The minimum absolute atomic E-state index is 0.146. The average molecular weight is 480 g/mol. The van der Waals surface area contributed by atoms with Gasteiger partial charge in [0.1, 0.15) is 11.8 Å². The van der Waals surface area contributed by atoms with Gasteiger partial charge in [-0.1, -0.05) is 6.07 Å². The number of halogens is 1. The van der Waals surface area contributed by atoms with E-state index >= 15 is 0 Å². The Kier molecular flexibility index (Phi) is 7.16. The van der Waals surface area contributed by atoms with Crippen LogP contribution in [0.1, 0.15) is 18.1 Å². The molecule has 6 nitrogen and oxygen atoms in total. The Balaban J connectivity index is 1.62. The Bertz CT molecular complexity index is 1120. The summed E-state index contributed by atoms with van der Waals surface area (Å²) in [5.41, 5.74) is 3.11. The molecule has 0 radical (unpaired) electrons. The third kappa shape index (κ3) is 5.77. The summed E-state index contributed by atoms with van der Waals surface area (Å²) in [4.78, 5) is 12.5. The van der Waals surface area contributed by atoms with Crippen LogP contribution in [0.5, 0.6) is 17.2 Å². The van der Waals surface area contributed by atoms with Gasteiger partial charge in [0.2, 0.25) is 5.91 Å². The van der Waals surface area contributed by atoms with Gasteiger partial charge in [-0.15, -0.1) is 0 Å². The van der Waals surface area contributed by atoms with Gasteiger partial charge in [-0.2, -0.15) is 5.26 Å². The van der Waals surface area contributed by atoms with Crippen molar-refractivity contribution in [2.75, 3.05) is 17.7 Å². The molecule has 1 unspecified atom stereocenters. The Morgan fingerprint density at radius 1 is 1.06 bits per heavy atom. The Labute approximate surface area is 189 Å². The first kappa shape index (κ1) is 22.2. The van der Waals surface area contributed by atoms with Crippen molar-refractivity contribution in [3.8, 4) is 23.3 Å². The first-order valence-electron chi connectivity index (χ1n) is 9.59. The summed E-state index contributed by atoms with van der Waals surface area (Å²) in [6.45, 7) is 3.79. The van der Waals surface area contributed by atoms with Crippen LogP contribution < -0.4 is 20.1 Å². The van der Waals surface area contributed by atoms with Crippen molar-refractivity contribution in [3.05, 3.63) is 76.3 Å². The van der Waals surface area contributed by atoms with Crippen molar-refractivity contribution < 1.29 is 14.3 Å². The second kappa shape index (κ2) is 10.0. The Morgan fingerprint density at radius 3 is 2.45 bits per heavy atom. The highest BCUT2D eigenvalue weighted by molar-refractivity contribution is 9.10. The van der Waals surface area contributed by atoms with Gasteiger partial charge in [0, 0.05) is 16.2 Å². The smallest absolute Gasteiger partial charge is 0.246 e. The van der Waals surface area contributed by atoms with Crippen molar-refractivity contribution in [1.82, 2.24) is 0 Å². The van der Waals surface area contributed by atoms with E-state index in [1.165, 1.54) is 7.11 Å². The van der Waals surface area contributed by atoms with Crippen LogP contribution in [0.15, 0.2) is 65.1 Å². The van der Waals surface area contributed by atoms with Gasteiger partial charge in [0.15, 0.2) is 11.5 Å². The monoisotopic (exact) mass is 479 g/mol. The van der Waals surface area contributed by atoms with Gasteiger partial charge in [0.25, 0.3) is 0 Å². The number of ether oxygens (including phenoxy) is 2. The summed E-state index contributed by atoms with van der Waals surface area (Å²) in [6, 6.07) is 19.6. The second-order valence-electron chi connectivity index (χ2n) is 6.94. The third-order valence-electron chi connectivity index (χ3n) is 4.53. The number of nitrogens with zero attached hydrogens (tertiary/aromatic N) is 1. The number of aryl methyl sites for hydroxylation is 1. The maximum Gasteiger partial charge on any atom is 0.246 e. The van der Waals surface area contributed by atoms with E-state index < -0.39 is 6.04 Å². The normalized spacial score (nSPS) is 11.2. The summed E-state index contributed by atoms with van der Waals surface area (Å²) in [5, 5.41) is 15.1. The second-order valence-corrected chi connectivity index (χ2v) is 7.80. The van der Waals surface area contributed by atoms with E-state index in [2.05, 4.69) is 32.6 Å². The lowest BCUT2D eigenvalue weighted by Gasteiger charge is -2.17. The fourth-order valence-electron chi connectivity index (χ4n) is 2.85. The molecule has 3 rings (SSSR count). The molecule has 0 heterocycles. The number of nitriles is 1. The SMILES string of the molecule is COc1cc(C#N)ccc1Oc1ccc(NC(C)C(=O)Nc2ccc(C)cc2Br)cc1. The number of benzene rings is 3. The molecule has 31 heavy (non-hydrogen) atoms. The molecule has 0 saturated heterocycles. The number of carbonyl (C=O) groups is 1. The van der Waals surface area contributed by atoms with Gasteiger partial charge in [-0.05, 0) is 83.9 Å². The van der Waals surface area contributed by atoms with E-state index in [9.17, 15) is 4.79 Å². The number of rotatable bonds is 7. The van der Waals surface area contributed by atoms with Crippen molar-refractivity contribution in [1.29, 1.82) is 5.26 Å². The van der Waals surface area contributed by atoms with Crippen LogP contribution in [0.3, 0.4) is 0 Å². The predicted octanol–water partition coefficient (Wildman–Crippen LogP) is 5.87. The summed E-state index contributed by atoms with van der Waals surface area (Å²) in [7, 11) is 1.53. The molecule has 1 amide bonds. The molecule has 0 saturated carbocycles. The van der Waals surface area contributed by atoms with Gasteiger partial charge < -0.3 is 20.1 Å². The fourth-order valence-corrected chi connectivity index (χ4v) is 3.44. The van der Waals surface area contributed by atoms with Gasteiger partial charge in [0.05, 0.1) is 24.4 Å². The zero-order chi connectivity index (χ0) is 22.4. The van der Waals surface area contributed by atoms with E-state index in [0.717, 1.165) is 21.4 Å². The zero-order valence-corrected chi connectivity index (χ0v) is 19.0. The number of hydrogen-bond donors (Lipinski definition) is 2. The van der Waals surface area contributed by atoms with E-state index in [1.54, 1.807) is 37.3 Å². The molecule has 3 aromatic rings. The standard InChI is InChI=1S/C24H22BrN3O3/c1-15-4-10-21(20(25)12-15)28-24(29)16(2)27-18-6-8-19(9-7-18)31-22-11-5-17(14-26)13-23(22)30-3/h4-13,16,27H,1-3H3,(H,28,29). The number of amides is 1. The molecule has 0 aliphatic rings. The quantitative estimate of drug-likeness (QED) is 0.442. The van der Waals surface area contributed by atoms with Crippen molar-refractivity contribution in [2.45, 2.75) is 19.9 Å². The number of anilines is 2. The minimum Gasteiger partial charge on any atom is -0.493 e. The zero-order valence-electron chi connectivity index (χ0n) is 17.4. The van der Waals surface area contributed by atoms with E-state index in [1.807, 2.05) is 37.3 Å². The summed E-state index contributed by atoms with van der Waals surface area (Å²) in [5.74, 6) is 1.45. The Hall–Kier alpha value is -3.50. The first-order valence-corrected chi connectivity index (χ1v) is 10.4. The lowest BCUT2D eigenvalue weighted by atomic mass is 10.2. The number of nitrogens with one attached hydrogen (secondary N) is 2. The first-order chi connectivity index (χ1) is 14.9. The lowest BCUT2D eigenvalue weighted by Crippen LogP contribution is -2.31. The largest absolute Gasteiger partial charge is 0.493 e. The third-order valence-corrected chi connectivity index (χ3v) is 5.19. The maximum absolute atomic E-state index is 12.5. The highest BCUT2D eigenvalue weighted by Gasteiger charge is 2.14. The minimum atomic E-state index is -0.446. The van der Waals surface area contributed by atoms with Gasteiger partial charge >= 0.3 is 0 Å². The maximum atomic E-state index is 12.5. The van der Waals surface area contributed by atoms with E-state index in [4.69, 9.17) is 14.7 Å². The van der Waals surface area contributed by atoms with E-state index in [0.29, 0.717) is 22.8 Å². The molecule has 158 valence electrons. The van der Waals surface area contributed by atoms with Crippen LogP contribution in [0.2, 0.25) is 0 Å². The summed E-state index contributed by atoms with van der Waals surface area (Å²) >= 11 is 3.47. The van der Waals surface area contributed by atoms with Crippen molar-refractivity contribution in [2.24, 2.45) is 0 Å². The molecule has 0 spiro atoms. The molecular weight excluding hydrogens is 458 g/mol. The molecule has 0 aliphatic carbocycles. The molecule has 0 fully saturated rings. The molecular formula is C24H22BrN3O3. The number of methoxy groups -OCH3 is 1. The summed E-state index contributed by atoms with van der Waals surface area (Å²) in [6.07, 6.45) is 0. The highest BCUT2D eigenvalue weighted by atomic mass is 79.9. The van der Waals surface area contributed by atoms with Crippen LogP contribution in [-0.2, 0) is 4.79 Å². The molecule has 1 atom stereocenters. The fraction of sp³-hybridized carbons (Fsp3) is 0.167. The van der Waals surface area contributed by atoms with Crippen molar-refractivity contribution in [3.63, 3.8) is 0 Å². The highest BCUT2D eigenvalue weighted by Crippen LogP contribution is 2.32. The summed E-state index contributed by atoms with van der Waals surface area (Å²) < 4.78 is 12.0. The number of carbonyl (C=O) groups excluding carboxylic acids is 1. The molecule has 0 aromatic heterocycles. The lowest BCUT2D eigenvalue weighted by molar-refractivity contribution is -0.116. The van der Waals surface area contributed by atoms with Gasteiger partial charge in [-0.25, -0.2) is 0 Å². The molecule has 7 heteroatoms. The van der Waals surface area contributed by atoms with E-state index in [-0.39, 0.29) is 5.91 Å². The molecule has 3 aromatic carbocycles. The average Bonchev–Trinajstić information content (AvgIpc) is 2.77. The van der Waals surface area contributed by atoms with Gasteiger partial charge in [-0.3, -0.25) is 4.79 Å². The molecule has 0 bridgehead atoms. The van der Waals surface area contributed by atoms with Crippen LogP contribution in [0.25, 0.3) is 0 Å². The Morgan fingerprint density at radius 2 is 1.81 bits per heavy atom. The van der Waals surface area contributed by atoms with Crippen LogP contribution in [0.4, 0.5) is 11.4 Å². The van der Waals surface area contributed by atoms with Crippen LogP contribution in [0, 0.1) is 18.3 Å².